The van der Waals surface area contributed by atoms with Crippen molar-refractivity contribution in [2.45, 2.75) is 25.6 Å². The van der Waals surface area contributed by atoms with Gasteiger partial charge >= 0.3 is 0 Å². The van der Waals surface area contributed by atoms with E-state index < -0.39 is 0 Å². The first-order valence-electron chi connectivity index (χ1n) is 11.5. The summed E-state index contributed by atoms with van der Waals surface area (Å²) in [6.07, 6.45) is 2.13. The Hall–Kier alpha value is -3.63. The zero-order chi connectivity index (χ0) is 22.6. The number of hydrogen-bond donors (Lipinski definition) is 1. The summed E-state index contributed by atoms with van der Waals surface area (Å²) in [5.41, 5.74) is 5.86. The van der Waals surface area contributed by atoms with Gasteiger partial charge in [-0.1, -0.05) is 90.5 Å². The van der Waals surface area contributed by atoms with Crippen molar-refractivity contribution >= 4 is 5.91 Å². The maximum Gasteiger partial charge on any atom is 0.234 e. The molecule has 0 aliphatic carbocycles. The van der Waals surface area contributed by atoms with Crippen molar-refractivity contribution in [2.24, 2.45) is 0 Å². The number of carbonyl (C=O) groups is 1. The van der Waals surface area contributed by atoms with Crippen LogP contribution in [0.2, 0.25) is 0 Å². The van der Waals surface area contributed by atoms with Crippen LogP contribution in [0.5, 0.6) is 0 Å². The van der Waals surface area contributed by atoms with E-state index in [4.69, 9.17) is 0 Å². The summed E-state index contributed by atoms with van der Waals surface area (Å²) in [7, 11) is 0. The molecule has 0 radical (unpaired) electrons. The zero-order valence-corrected chi connectivity index (χ0v) is 18.9. The van der Waals surface area contributed by atoms with Gasteiger partial charge in [0.15, 0.2) is 0 Å². The lowest BCUT2D eigenvalue weighted by atomic mass is 9.98. The van der Waals surface area contributed by atoms with Gasteiger partial charge in [-0.2, -0.15) is 0 Å². The second-order valence-electron chi connectivity index (χ2n) is 8.73. The average Bonchev–Trinajstić information content (AvgIpc) is 3.33. The molecule has 0 saturated heterocycles. The summed E-state index contributed by atoms with van der Waals surface area (Å²) in [5, 5.41) is 3.31. The molecule has 1 aromatic heterocycles. The largest absolute Gasteiger partial charge is 0.348 e. The van der Waals surface area contributed by atoms with E-state index >= 15 is 0 Å². The molecule has 1 amide bonds. The molecule has 0 fully saturated rings. The molecule has 0 spiro atoms. The normalized spacial score (nSPS) is 15.9. The van der Waals surface area contributed by atoms with E-state index in [-0.39, 0.29) is 18.0 Å². The smallest absolute Gasteiger partial charge is 0.234 e. The monoisotopic (exact) mass is 435 g/mol. The minimum Gasteiger partial charge on any atom is -0.348 e. The lowest BCUT2D eigenvalue weighted by Gasteiger charge is -2.37. The number of nitrogens with zero attached hydrogens (tertiary/aromatic N) is 2. The van der Waals surface area contributed by atoms with E-state index in [2.05, 4.69) is 88.6 Å². The van der Waals surface area contributed by atoms with Crippen molar-refractivity contribution in [2.75, 3.05) is 13.1 Å². The molecule has 4 nitrogen and oxygen atoms in total. The van der Waals surface area contributed by atoms with Crippen LogP contribution in [0.25, 0.3) is 0 Å². The SMILES string of the molecule is Cc1ccc(C2c3cccn3CCN2CC(=O)NC(c2ccccc2)c2ccccc2)cc1. The van der Waals surface area contributed by atoms with Gasteiger partial charge < -0.3 is 9.88 Å². The van der Waals surface area contributed by atoms with Crippen LogP contribution in [-0.2, 0) is 11.3 Å². The van der Waals surface area contributed by atoms with E-state index in [0.717, 1.165) is 24.2 Å². The molecule has 166 valence electrons. The third-order valence-electron chi connectivity index (χ3n) is 6.45. The third-order valence-corrected chi connectivity index (χ3v) is 6.45. The number of amides is 1. The Morgan fingerprint density at radius 1 is 0.848 bits per heavy atom. The van der Waals surface area contributed by atoms with Crippen molar-refractivity contribution in [1.82, 2.24) is 14.8 Å². The average molecular weight is 436 g/mol. The zero-order valence-electron chi connectivity index (χ0n) is 18.9. The van der Waals surface area contributed by atoms with Crippen LogP contribution >= 0.6 is 0 Å². The predicted octanol–water partition coefficient (Wildman–Crippen LogP) is 5.11. The fourth-order valence-corrected chi connectivity index (χ4v) is 4.77. The van der Waals surface area contributed by atoms with E-state index in [1.54, 1.807) is 0 Å². The van der Waals surface area contributed by atoms with Gasteiger partial charge in [0.25, 0.3) is 0 Å². The van der Waals surface area contributed by atoms with Crippen molar-refractivity contribution in [3.8, 4) is 0 Å². The highest BCUT2D eigenvalue weighted by Gasteiger charge is 2.30. The van der Waals surface area contributed by atoms with Crippen molar-refractivity contribution in [1.29, 1.82) is 0 Å². The van der Waals surface area contributed by atoms with Gasteiger partial charge in [0.05, 0.1) is 18.6 Å². The predicted molar refractivity (Wildman–Crippen MR) is 132 cm³/mol. The first kappa shape index (κ1) is 21.2. The van der Waals surface area contributed by atoms with E-state index in [1.807, 2.05) is 36.4 Å². The van der Waals surface area contributed by atoms with Gasteiger partial charge in [-0.25, -0.2) is 0 Å². The number of aromatic nitrogens is 1. The molecule has 1 N–H and O–H groups in total. The number of rotatable bonds is 6. The lowest BCUT2D eigenvalue weighted by molar-refractivity contribution is -0.123. The van der Waals surface area contributed by atoms with E-state index in [1.165, 1.54) is 16.8 Å². The molecule has 3 aromatic carbocycles. The Morgan fingerprint density at radius 3 is 2.12 bits per heavy atom. The summed E-state index contributed by atoms with van der Waals surface area (Å²) in [5.74, 6) is 0.0322. The molecular formula is C29H29N3O. The van der Waals surface area contributed by atoms with Gasteiger partial charge in [0.1, 0.15) is 0 Å². The number of aryl methyl sites for hydroxylation is 1. The van der Waals surface area contributed by atoms with Crippen LogP contribution in [0, 0.1) is 6.92 Å². The number of benzene rings is 3. The van der Waals surface area contributed by atoms with Crippen molar-refractivity contribution in [3.63, 3.8) is 0 Å². The van der Waals surface area contributed by atoms with Crippen LogP contribution in [0.4, 0.5) is 0 Å². The first-order chi connectivity index (χ1) is 16.2. The van der Waals surface area contributed by atoms with Gasteiger partial charge in [0, 0.05) is 25.0 Å². The van der Waals surface area contributed by atoms with Crippen LogP contribution in [0.1, 0.15) is 40.0 Å². The molecule has 1 aliphatic heterocycles. The fourth-order valence-electron chi connectivity index (χ4n) is 4.77. The van der Waals surface area contributed by atoms with Crippen molar-refractivity contribution in [3.05, 3.63) is 131 Å². The molecule has 0 saturated carbocycles. The van der Waals surface area contributed by atoms with Gasteiger partial charge in [-0.15, -0.1) is 0 Å². The highest BCUT2D eigenvalue weighted by molar-refractivity contribution is 5.79. The quantitative estimate of drug-likeness (QED) is 0.457. The molecule has 1 unspecified atom stereocenters. The molecule has 1 atom stereocenters. The van der Waals surface area contributed by atoms with Gasteiger partial charge in [-0.3, -0.25) is 9.69 Å². The van der Waals surface area contributed by atoms with Gasteiger partial charge in [0.2, 0.25) is 5.91 Å². The van der Waals surface area contributed by atoms with Crippen molar-refractivity contribution < 1.29 is 4.79 Å². The Morgan fingerprint density at radius 2 is 1.48 bits per heavy atom. The molecular weight excluding hydrogens is 406 g/mol. The topological polar surface area (TPSA) is 37.3 Å². The van der Waals surface area contributed by atoms with Gasteiger partial charge in [-0.05, 0) is 35.7 Å². The van der Waals surface area contributed by atoms with E-state index in [0.29, 0.717) is 6.54 Å². The third kappa shape index (κ3) is 4.62. The number of fused-ring (bicyclic) bond motifs is 1. The summed E-state index contributed by atoms with van der Waals surface area (Å²) in [4.78, 5) is 15.7. The maximum absolute atomic E-state index is 13.4. The standard InChI is InChI=1S/C29H29N3O/c1-22-14-16-25(17-15-22)29-26-13-8-18-31(26)19-20-32(29)21-27(33)30-28(23-9-4-2-5-10-23)24-11-6-3-7-12-24/h2-18,28-29H,19-21H2,1H3,(H,30,33). The fraction of sp³-hybridized carbons (Fsp3) is 0.207. The number of nitrogens with one attached hydrogen (secondary N) is 1. The van der Waals surface area contributed by atoms with Crippen LogP contribution in [0.15, 0.2) is 103 Å². The Bertz CT molecular complexity index is 1160. The highest BCUT2D eigenvalue weighted by Crippen LogP contribution is 2.32. The summed E-state index contributed by atoms with van der Waals surface area (Å²) < 4.78 is 2.30. The molecule has 0 bridgehead atoms. The minimum absolute atomic E-state index is 0.0322. The highest BCUT2D eigenvalue weighted by atomic mass is 16.2. The summed E-state index contributed by atoms with van der Waals surface area (Å²) in [6, 6.07) is 33.2. The summed E-state index contributed by atoms with van der Waals surface area (Å²) in [6.45, 7) is 4.17. The Kier molecular flexibility index (Phi) is 6.09. The number of carbonyl (C=O) groups excluding carboxylic acids is 1. The molecule has 1 aliphatic rings. The molecule has 2 heterocycles. The first-order valence-corrected chi connectivity index (χ1v) is 11.5. The maximum atomic E-state index is 13.4. The van der Waals surface area contributed by atoms with E-state index in [9.17, 15) is 4.79 Å². The molecule has 33 heavy (non-hydrogen) atoms. The van der Waals surface area contributed by atoms with Crippen LogP contribution < -0.4 is 5.32 Å². The molecule has 5 rings (SSSR count). The number of hydrogen-bond acceptors (Lipinski definition) is 2. The molecule has 4 heteroatoms. The lowest BCUT2D eigenvalue weighted by Crippen LogP contribution is -2.45. The second-order valence-corrected chi connectivity index (χ2v) is 8.73. The minimum atomic E-state index is -0.175. The van der Waals surface area contributed by atoms with Crippen LogP contribution in [-0.4, -0.2) is 28.5 Å². The Labute approximate surface area is 195 Å². The second kappa shape index (κ2) is 9.47. The summed E-state index contributed by atoms with van der Waals surface area (Å²) >= 11 is 0. The van der Waals surface area contributed by atoms with Crippen LogP contribution in [0.3, 0.4) is 0 Å². The Balaban J connectivity index is 1.40. The molecule has 4 aromatic rings.